The monoisotopic (exact) mass is 302 g/mol. The molecule has 2 N–H and O–H groups in total. The van der Waals surface area contributed by atoms with Crippen molar-refractivity contribution in [2.24, 2.45) is 0 Å². The standard InChI is InChI=1S/C14H11FN4OS/c15-10-5-3-9(4-6-10)13-17-12(18-19-13)8-16-14(20)11-2-1-7-21-11/h1-7H,8H2,(H,16,20)(H,17,18,19). The Bertz CT molecular complexity index is 737. The van der Waals surface area contributed by atoms with E-state index in [1.165, 1.54) is 23.5 Å². The first-order valence-corrected chi connectivity index (χ1v) is 7.09. The van der Waals surface area contributed by atoms with Crippen molar-refractivity contribution in [1.29, 1.82) is 0 Å². The Morgan fingerprint density at radius 3 is 2.81 bits per heavy atom. The summed E-state index contributed by atoms with van der Waals surface area (Å²) in [6, 6.07) is 9.48. The second kappa shape index (κ2) is 5.84. The van der Waals surface area contributed by atoms with Crippen LogP contribution >= 0.6 is 11.3 Å². The summed E-state index contributed by atoms with van der Waals surface area (Å²) in [4.78, 5) is 16.7. The molecule has 21 heavy (non-hydrogen) atoms. The third-order valence-corrected chi connectivity index (χ3v) is 3.66. The van der Waals surface area contributed by atoms with Gasteiger partial charge in [0.2, 0.25) is 0 Å². The molecule has 3 aromatic rings. The van der Waals surface area contributed by atoms with Crippen LogP contribution in [0.1, 0.15) is 15.5 Å². The molecule has 5 nitrogen and oxygen atoms in total. The van der Waals surface area contributed by atoms with Gasteiger partial charge in [-0.3, -0.25) is 9.89 Å². The van der Waals surface area contributed by atoms with E-state index >= 15 is 0 Å². The normalized spacial score (nSPS) is 10.5. The van der Waals surface area contributed by atoms with Gasteiger partial charge < -0.3 is 5.32 Å². The summed E-state index contributed by atoms with van der Waals surface area (Å²) in [5.74, 6) is 0.553. The molecule has 0 fully saturated rings. The average molecular weight is 302 g/mol. The topological polar surface area (TPSA) is 70.7 Å². The van der Waals surface area contributed by atoms with Gasteiger partial charge in [-0.2, -0.15) is 5.10 Å². The molecule has 0 saturated carbocycles. The number of carbonyl (C=O) groups is 1. The van der Waals surface area contributed by atoms with Crippen LogP contribution in [0, 0.1) is 5.82 Å². The number of H-pyrrole nitrogens is 1. The molecule has 1 aromatic carbocycles. The molecule has 7 heteroatoms. The highest BCUT2D eigenvalue weighted by atomic mass is 32.1. The number of aromatic nitrogens is 3. The van der Waals surface area contributed by atoms with Crippen LogP contribution in [0.5, 0.6) is 0 Å². The molecule has 2 aromatic heterocycles. The second-order valence-electron chi connectivity index (χ2n) is 4.27. The first-order valence-electron chi connectivity index (χ1n) is 6.21. The number of nitrogens with one attached hydrogen (secondary N) is 2. The minimum absolute atomic E-state index is 0.148. The molecule has 3 rings (SSSR count). The highest BCUT2D eigenvalue weighted by molar-refractivity contribution is 7.12. The predicted molar refractivity (Wildman–Crippen MR) is 77.3 cm³/mol. The first kappa shape index (κ1) is 13.4. The molecular formula is C14H11FN4OS. The zero-order valence-corrected chi connectivity index (χ0v) is 11.7. The van der Waals surface area contributed by atoms with Crippen molar-refractivity contribution in [2.75, 3.05) is 0 Å². The average Bonchev–Trinajstić information content (AvgIpc) is 3.17. The summed E-state index contributed by atoms with van der Waals surface area (Å²) < 4.78 is 12.9. The van der Waals surface area contributed by atoms with Crippen LogP contribution in [0.3, 0.4) is 0 Å². The molecule has 0 spiro atoms. The van der Waals surface area contributed by atoms with E-state index in [4.69, 9.17) is 0 Å². The number of thiophene rings is 1. The summed E-state index contributed by atoms with van der Waals surface area (Å²) in [5.41, 5.74) is 0.712. The molecule has 1 amide bonds. The Hall–Kier alpha value is -2.54. The molecular weight excluding hydrogens is 291 g/mol. The number of benzene rings is 1. The maximum absolute atomic E-state index is 12.9. The number of nitrogens with zero attached hydrogens (tertiary/aromatic N) is 2. The second-order valence-corrected chi connectivity index (χ2v) is 5.22. The highest BCUT2D eigenvalue weighted by Crippen LogP contribution is 2.15. The fourth-order valence-electron chi connectivity index (χ4n) is 1.76. The predicted octanol–water partition coefficient (Wildman–Crippen LogP) is 2.60. The van der Waals surface area contributed by atoms with Gasteiger partial charge in [-0.1, -0.05) is 6.07 Å². The van der Waals surface area contributed by atoms with E-state index in [0.717, 1.165) is 0 Å². The number of aromatic amines is 1. The van der Waals surface area contributed by atoms with Gasteiger partial charge in [-0.25, -0.2) is 9.37 Å². The number of hydrogen-bond acceptors (Lipinski definition) is 4. The first-order chi connectivity index (χ1) is 10.2. The molecule has 0 atom stereocenters. The van der Waals surface area contributed by atoms with Gasteiger partial charge in [0.05, 0.1) is 11.4 Å². The molecule has 0 radical (unpaired) electrons. The smallest absolute Gasteiger partial charge is 0.261 e. The van der Waals surface area contributed by atoms with Crippen molar-refractivity contribution in [3.63, 3.8) is 0 Å². The van der Waals surface area contributed by atoms with E-state index in [1.807, 2.05) is 11.4 Å². The Morgan fingerprint density at radius 1 is 1.29 bits per heavy atom. The Labute approximate surface area is 123 Å². The zero-order valence-electron chi connectivity index (χ0n) is 10.8. The highest BCUT2D eigenvalue weighted by Gasteiger charge is 2.09. The Kier molecular flexibility index (Phi) is 3.74. The van der Waals surface area contributed by atoms with Crippen molar-refractivity contribution in [3.8, 4) is 11.4 Å². The molecule has 0 saturated heterocycles. The van der Waals surface area contributed by atoms with Crippen LogP contribution < -0.4 is 5.32 Å². The van der Waals surface area contributed by atoms with E-state index in [9.17, 15) is 9.18 Å². The maximum atomic E-state index is 12.9. The van der Waals surface area contributed by atoms with Crippen molar-refractivity contribution in [1.82, 2.24) is 20.5 Å². The molecule has 106 valence electrons. The van der Waals surface area contributed by atoms with Crippen molar-refractivity contribution >= 4 is 17.2 Å². The fourth-order valence-corrected chi connectivity index (χ4v) is 2.40. The van der Waals surface area contributed by atoms with Crippen molar-refractivity contribution in [2.45, 2.75) is 6.54 Å². The van der Waals surface area contributed by atoms with Crippen molar-refractivity contribution in [3.05, 3.63) is 58.3 Å². The van der Waals surface area contributed by atoms with E-state index in [0.29, 0.717) is 22.1 Å². The van der Waals surface area contributed by atoms with Gasteiger partial charge in [0, 0.05) is 5.56 Å². The van der Waals surface area contributed by atoms with Crippen LogP contribution in [0.25, 0.3) is 11.4 Å². The van der Waals surface area contributed by atoms with Crippen molar-refractivity contribution < 1.29 is 9.18 Å². The number of halogens is 1. The van der Waals surface area contributed by atoms with E-state index in [2.05, 4.69) is 20.5 Å². The number of carbonyl (C=O) groups excluding carboxylic acids is 1. The lowest BCUT2D eigenvalue weighted by Crippen LogP contribution is -2.22. The van der Waals surface area contributed by atoms with Gasteiger partial charge in [0.15, 0.2) is 5.82 Å². The largest absolute Gasteiger partial charge is 0.344 e. The SMILES string of the molecule is O=C(NCc1nc(-c2ccc(F)cc2)n[nH]1)c1cccs1. The quantitative estimate of drug-likeness (QED) is 0.778. The molecule has 0 unspecified atom stereocenters. The summed E-state index contributed by atoms with van der Waals surface area (Å²) in [6.07, 6.45) is 0. The third-order valence-electron chi connectivity index (χ3n) is 2.80. The van der Waals surface area contributed by atoms with Gasteiger partial charge in [0.1, 0.15) is 11.6 Å². The van der Waals surface area contributed by atoms with Crippen LogP contribution in [-0.2, 0) is 6.54 Å². The lowest BCUT2D eigenvalue weighted by molar-refractivity contribution is 0.0954. The number of rotatable bonds is 4. The maximum Gasteiger partial charge on any atom is 0.261 e. The Balaban J connectivity index is 1.65. The lowest BCUT2D eigenvalue weighted by Gasteiger charge is -1.99. The summed E-state index contributed by atoms with van der Waals surface area (Å²) in [6.45, 7) is 0.255. The minimum Gasteiger partial charge on any atom is -0.344 e. The van der Waals surface area contributed by atoms with E-state index in [-0.39, 0.29) is 18.3 Å². The van der Waals surface area contributed by atoms with Gasteiger partial charge in [0.25, 0.3) is 5.91 Å². The van der Waals surface area contributed by atoms with Crippen LogP contribution in [0.2, 0.25) is 0 Å². The Morgan fingerprint density at radius 2 is 2.10 bits per heavy atom. The molecule has 0 aliphatic carbocycles. The lowest BCUT2D eigenvalue weighted by atomic mass is 10.2. The van der Waals surface area contributed by atoms with Crippen LogP contribution in [0.4, 0.5) is 4.39 Å². The molecule has 2 heterocycles. The minimum atomic E-state index is -0.308. The van der Waals surface area contributed by atoms with E-state index < -0.39 is 0 Å². The van der Waals surface area contributed by atoms with Gasteiger partial charge >= 0.3 is 0 Å². The van der Waals surface area contributed by atoms with E-state index in [1.54, 1.807) is 18.2 Å². The fraction of sp³-hybridized carbons (Fsp3) is 0.0714. The number of amides is 1. The summed E-state index contributed by atoms with van der Waals surface area (Å²) >= 11 is 1.38. The third kappa shape index (κ3) is 3.14. The van der Waals surface area contributed by atoms with Gasteiger partial charge in [-0.05, 0) is 35.7 Å². The van der Waals surface area contributed by atoms with Crippen LogP contribution in [0.15, 0.2) is 41.8 Å². The van der Waals surface area contributed by atoms with Gasteiger partial charge in [-0.15, -0.1) is 11.3 Å². The zero-order chi connectivity index (χ0) is 14.7. The summed E-state index contributed by atoms with van der Waals surface area (Å²) in [5, 5.41) is 11.4. The van der Waals surface area contributed by atoms with Crippen LogP contribution in [-0.4, -0.2) is 21.1 Å². The summed E-state index contributed by atoms with van der Waals surface area (Å²) in [7, 11) is 0. The molecule has 0 aliphatic heterocycles. The molecule has 0 bridgehead atoms. The molecule has 0 aliphatic rings. The number of hydrogen-bond donors (Lipinski definition) is 2.